The second-order valence-electron chi connectivity index (χ2n) is 6.19. The normalized spacial score (nSPS) is 14.9. The van der Waals surface area contributed by atoms with E-state index >= 15 is 0 Å². The molecule has 0 aromatic heterocycles. The average molecular weight is 360 g/mol. The molecule has 26 heavy (non-hydrogen) atoms. The fourth-order valence-corrected chi connectivity index (χ4v) is 3.02. The maximum Gasteiger partial charge on any atom is 0.260 e. The van der Waals surface area contributed by atoms with E-state index in [1.807, 2.05) is 6.07 Å². The molecule has 0 radical (unpaired) electrons. The Labute approximate surface area is 149 Å². The Bertz CT molecular complexity index is 796. The molecule has 0 atom stereocenters. The second kappa shape index (κ2) is 7.51. The maximum absolute atomic E-state index is 13.8. The number of nitrogens with zero attached hydrogens (tertiary/aromatic N) is 1. The lowest BCUT2D eigenvalue weighted by Gasteiger charge is -2.32. The summed E-state index contributed by atoms with van der Waals surface area (Å²) in [4.78, 5) is 26.0. The summed E-state index contributed by atoms with van der Waals surface area (Å²) in [6, 6.07) is 9.99. The van der Waals surface area contributed by atoms with Gasteiger partial charge >= 0.3 is 0 Å². The minimum atomic E-state index is -1.09. The zero-order valence-electron chi connectivity index (χ0n) is 13.9. The number of rotatable bonds is 3. The highest BCUT2D eigenvalue weighted by molar-refractivity contribution is 5.97. The van der Waals surface area contributed by atoms with Crippen molar-refractivity contribution < 1.29 is 23.5 Å². The molecule has 1 fully saturated rings. The number of phenols is 1. The lowest BCUT2D eigenvalue weighted by Crippen LogP contribution is -2.46. The molecular weight excluding hydrogens is 342 g/mol. The van der Waals surface area contributed by atoms with Crippen LogP contribution in [0, 0.1) is 11.6 Å². The van der Waals surface area contributed by atoms with Crippen molar-refractivity contribution in [2.24, 2.45) is 0 Å². The predicted octanol–water partition coefficient (Wildman–Crippen LogP) is 2.71. The molecule has 0 unspecified atom stereocenters. The second-order valence-corrected chi connectivity index (χ2v) is 6.19. The number of carbonyl (C=O) groups is 2. The van der Waals surface area contributed by atoms with Gasteiger partial charge in [-0.3, -0.25) is 9.59 Å². The van der Waals surface area contributed by atoms with Gasteiger partial charge in [0.05, 0.1) is 0 Å². The van der Waals surface area contributed by atoms with Crippen molar-refractivity contribution in [1.29, 1.82) is 0 Å². The quantitative estimate of drug-likeness (QED) is 0.884. The Morgan fingerprint density at radius 1 is 1.08 bits per heavy atom. The van der Waals surface area contributed by atoms with Crippen molar-refractivity contribution in [1.82, 2.24) is 10.2 Å². The average Bonchev–Trinajstić information content (AvgIpc) is 2.62. The number of likely N-dealkylation sites (tertiary alicyclic amines) is 1. The van der Waals surface area contributed by atoms with E-state index in [2.05, 4.69) is 5.32 Å². The molecule has 0 saturated carbocycles. The number of benzene rings is 2. The van der Waals surface area contributed by atoms with E-state index in [4.69, 9.17) is 0 Å². The Balaban J connectivity index is 1.60. The topological polar surface area (TPSA) is 69.6 Å². The van der Waals surface area contributed by atoms with E-state index in [9.17, 15) is 23.5 Å². The molecule has 1 heterocycles. The molecule has 2 N–H and O–H groups in total. The minimum Gasteiger partial charge on any atom is -0.507 e. The summed E-state index contributed by atoms with van der Waals surface area (Å²) >= 11 is 0. The summed E-state index contributed by atoms with van der Waals surface area (Å²) in [6.45, 7) is 0.601. The SMILES string of the molecule is O=C(NC1CCN(C(=O)c2c(O)cc(F)cc2F)CC1)c1ccccc1. The standard InChI is InChI=1S/C19H18F2N2O3/c20-13-10-15(21)17(16(24)11-13)19(26)23-8-6-14(7-9-23)22-18(25)12-4-2-1-3-5-12/h1-5,10-11,14,24H,6-9H2,(H,22,25). The molecule has 5 nitrogen and oxygen atoms in total. The molecule has 0 spiro atoms. The van der Waals surface area contributed by atoms with Gasteiger partial charge in [-0.05, 0) is 25.0 Å². The molecule has 3 rings (SSSR count). The summed E-state index contributed by atoms with van der Waals surface area (Å²) < 4.78 is 26.9. The van der Waals surface area contributed by atoms with E-state index in [1.165, 1.54) is 4.90 Å². The van der Waals surface area contributed by atoms with E-state index < -0.39 is 28.9 Å². The lowest BCUT2D eigenvalue weighted by molar-refractivity contribution is 0.0690. The first-order valence-corrected chi connectivity index (χ1v) is 8.29. The van der Waals surface area contributed by atoms with Crippen LogP contribution in [-0.4, -0.2) is 41.0 Å². The molecule has 0 bridgehead atoms. The van der Waals surface area contributed by atoms with Gasteiger partial charge in [0.15, 0.2) is 0 Å². The largest absolute Gasteiger partial charge is 0.507 e. The maximum atomic E-state index is 13.8. The van der Waals surface area contributed by atoms with Gasteiger partial charge in [-0.15, -0.1) is 0 Å². The van der Waals surface area contributed by atoms with Crippen LogP contribution in [0.15, 0.2) is 42.5 Å². The molecule has 136 valence electrons. The van der Waals surface area contributed by atoms with Crippen LogP contribution >= 0.6 is 0 Å². The molecule has 2 aromatic carbocycles. The Hall–Kier alpha value is -2.96. The van der Waals surface area contributed by atoms with Gasteiger partial charge < -0.3 is 15.3 Å². The predicted molar refractivity (Wildman–Crippen MR) is 90.9 cm³/mol. The first-order valence-electron chi connectivity index (χ1n) is 8.29. The van der Waals surface area contributed by atoms with Crippen LogP contribution in [0.5, 0.6) is 5.75 Å². The summed E-state index contributed by atoms with van der Waals surface area (Å²) in [5, 5.41) is 12.6. The molecule has 2 amide bonds. The highest BCUT2D eigenvalue weighted by atomic mass is 19.1. The first kappa shape index (κ1) is 17.8. The van der Waals surface area contributed by atoms with Crippen molar-refractivity contribution in [3.05, 3.63) is 65.2 Å². The number of piperidine rings is 1. The zero-order chi connectivity index (χ0) is 18.7. The number of hydrogen-bond donors (Lipinski definition) is 2. The summed E-state index contributed by atoms with van der Waals surface area (Å²) in [5.41, 5.74) is 0.0301. The number of aromatic hydroxyl groups is 1. The van der Waals surface area contributed by atoms with Gasteiger partial charge in [0.2, 0.25) is 0 Å². The molecule has 1 saturated heterocycles. The van der Waals surface area contributed by atoms with Crippen molar-refractivity contribution in [2.45, 2.75) is 18.9 Å². The van der Waals surface area contributed by atoms with Gasteiger partial charge in [0.25, 0.3) is 11.8 Å². The van der Waals surface area contributed by atoms with Gasteiger partial charge in [0, 0.05) is 36.8 Å². The number of phenolic OH excluding ortho intramolecular Hbond substituents is 1. The third kappa shape index (κ3) is 3.82. The highest BCUT2D eigenvalue weighted by Gasteiger charge is 2.28. The molecule has 1 aliphatic heterocycles. The van der Waals surface area contributed by atoms with Crippen molar-refractivity contribution in [3.63, 3.8) is 0 Å². The zero-order valence-corrected chi connectivity index (χ0v) is 13.9. The van der Waals surface area contributed by atoms with Crippen LogP contribution in [0.1, 0.15) is 33.6 Å². The fourth-order valence-electron chi connectivity index (χ4n) is 3.02. The number of nitrogens with one attached hydrogen (secondary N) is 1. The third-order valence-electron chi connectivity index (χ3n) is 4.40. The molecule has 1 aliphatic rings. The Morgan fingerprint density at radius 3 is 2.35 bits per heavy atom. The number of halogens is 2. The molecule has 2 aromatic rings. The van der Waals surface area contributed by atoms with Crippen LogP contribution in [-0.2, 0) is 0 Å². The fraction of sp³-hybridized carbons (Fsp3) is 0.263. The van der Waals surface area contributed by atoms with Gasteiger partial charge in [-0.25, -0.2) is 8.78 Å². The van der Waals surface area contributed by atoms with Crippen molar-refractivity contribution in [3.8, 4) is 5.75 Å². The van der Waals surface area contributed by atoms with E-state index in [0.717, 1.165) is 0 Å². The van der Waals surface area contributed by atoms with Crippen LogP contribution in [0.4, 0.5) is 8.78 Å². The Kier molecular flexibility index (Phi) is 5.16. The monoisotopic (exact) mass is 360 g/mol. The molecule has 0 aliphatic carbocycles. The van der Waals surface area contributed by atoms with E-state index in [0.29, 0.717) is 43.6 Å². The molecule has 7 heteroatoms. The highest BCUT2D eigenvalue weighted by Crippen LogP contribution is 2.25. The van der Waals surface area contributed by atoms with Crippen LogP contribution in [0.2, 0.25) is 0 Å². The van der Waals surface area contributed by atoms with Gasteiger partial charge in [-0.1, -0.05) is 18.2 Å². The molecular formula is C19H18F2N2O3. The van der Waals surface area contributed by atoms with E-state index in [1.54, 1.807) is 24.3 Å². The lowest BCUT2D eigenvalue weighted by atomic mass is 10.0. The number of hydrogen-bond acceptors (Lipinski definition) is 3. The summed E-state index contributed by atoms with van der Waals surface area (Å²) in [5.74, 6) is -3.62. The van der Waals surface area contributed by atoms with Crippen LogP contribution < -0.4 is 5.32 Å². The number of amides is 2. The van der Waals surface area contributed by atoms with Gasteiger partial charge in [0.1, 0.15) is 22.9 Å². The van der Waals surface area contributed by atoms with Crippen molar-refractivity contribution >= 4 is 11.8 Å². The van der Waals surface area contributed by atoms with E-state index in [-0.39, 0.29) is 11.9 Å². The minimum absolute atomic E-state index is 0.0987. The summed E-state index contributed by atoms with van der Waals surface area (Å²) in [6.07, 6.45) is 1.02. The Morgan fingerprint density at radius 2 is 1.73 bits per heavy atom. The van der Waals surface area contributed by atoms with Crippen molar-refractivity contribution in [2.75, 3.05) is 13.1 Å². The first-order chi connectivity index (χ1) is 12.5. The third-order valence-corrected chi connectivity index (χ3v) is 4.40. The van der Waals surface area contributed by atoms with Gasteiger partial charge in [-0.2, -0.15) is 0 Å². The smallest absolute Gasteiger partial charge is 0.260 e. The number of carbonyl (C=O) groups excluding carboxylic acids is 2. The summed E-state index contributed by atoms with van der Waals surface area (Å²) in [7, 11) is 0. The van der Waals surface area contributed by atoms with Crippen LogP contribution in [0.25, 0.3) is 0 Å². The van der Waals surface area contributed by atoms with Crippen LogP contribution in [0.3, 0.4) is 0 Å².